The van der Waals surface area contributed by atoms with Crippen molar-refractivity contribution in [2.24, 2.45) is 5.92 Å². The first-order valence-electron chi connectivity index (χ1n) is 5.97. The van der Waals surface area contributed by atoms with Gasteiger partial charge in [0.1, 0.15) is 6.04 Å². The maximum Gasteiger partial charge on any atom is 0.326 e. The molecule has 1 amide bonds. The molecule has 0 aliphatic rings. The zero-order chi connectivity index (χ0) is 13.7. The van der Waals surface area contributed by atoms with Crippen LogP contribution >= 0.6 is 0 Å². The Morgan fingerprint density at radius 2 is 1.78 bits per heavy atom. The summed E-state index contributed by atoms with van der Waals surface area (Å²) in [6.45, 7) is 3.53. The van der Waals surface area contributed by atoms with Gasteiger partial charge in [-0.15, -0.1) is 0 Å². The molecule has 4 heteroatoms. The molecule has 1 rings (SSSR count). The lowest BCUT2D eigenvalue weighted by atomic mass is 10.0. The fourth-order valence-electron chi connectivity index (χ4n) is 1.79. The molecule has 0 radical (unpaired) electrons. The summed E-state index contributed by atoms with van der Waals surface area (Å²) >= 11 is 0. The molecule has 0 bridgehead atoms. The number of carbonyl (C=O) groups excluding carboxylic acids is 1. The third-order valence-electron chi connectivity index (χ3n) is 2.87. The molecule has 0 aliphatic heterocycles. The van der Waals surface area contributed by atoms with Gasteiger partial charge in [0.25, 0.3) is 0 Å². The maximum atomic E-state index is 11.8. The second-order valence-corrected chi connectivity index (χ2v) is 4.65. The average Bonchev–Trinajstić information content (AvgIpc) is 2.35. The van der Waals surface area contributed by atoms with Crippen LogP contribution in [0.25, 0.3) is 0 Å². The van der Waals surface area contributed by atoms with Gasteiger partial charge in [0.2, 0.25) is 5.91 Å². The van der Waals surface area contributed by atoms with Gasteiger partial charge in [0.15, 0.2) is 0 Å². The fraction of sp³-hybridized carbons (Fsp3) is 0.429. The number of carboxylic acid groups (broad SMARTS) is 1. The molecule has 0 fully saturated rings. The fourth-order valence-corrected chi connectivity index (χ4v) is 1.79. The molecule has 18 heavy (non-hydrogen) atoms. The highest BCUT2D eigenvalue weighted by Gasteiger charge is 2.27. The van der Waals surface area contributed by atoms with E-state index in [9.17, 15) is 14.7 Å². The molecule has 0 heterocycles. The molecule has 1 atom stereocenters. The number of aliphatic carboxylic acids is 1. The summed E-state index contributed by atoms with van der Waals surface area (Å²) in [5, 5.41) is 9.24. The van der Waals surface area contributed by atoms with Crippen LogP contribution in [0.2, 0.25) is 0 Å². The van der Waals surface area contributed by atoms with Crippen molar-refractivity contribution in [2.45, 2.75) is 26.3 Å². The van der Waals surface area contributed by atoms with E-state index in [0.29, 0.717) is 6.42 Å². The Balaban J connectivity index is 2.84. The number of likely N-dealkylation sites (N-methyl/N-ethyl adjacent to an activating group) is 1. The molecule has 0 spiro atoms. The number of rotatable bonds is 5. The van der Waals surface area contributed by atoms with Crippen molar-refractivity contribution >= 4 is 11.9 Å². The van der Waals surface area contributed by atoms with E-state index in [1.54, 1.807) is 20.9 Å². The van der Waals surface area contributed by atoms with Crippen LogP contribution in [0.3, 0.4) is 0 Å². The number of benzene rings is 1. The van der Waals surface area contributed by atoms with Gasteiger partial charge in [-0.05, 0) is 5.56 Å². The third-order valence-corrected chi connectivity index (χ3v) is 2.87. The summed E-state index contributed by atoms with van der Waals surface area (Å²) < 4.78 is 0. The third kappa shape index (κ3) is 3.58. The molecule has 0 aromatic heterocycles. The van der Waals surface area contributed by atoms with Crippen LogP contribution in [0.4, 0.5) is 0 Å². The second kappa shape index (κ2) is 6.19. The summed E-state index contributed by atoms with van der Waals surface area (Å²) in [5.74, 6) is -1.33. The van der Waals surface area contributed by atoms with Gasteiger partial charge in [-0.25, -0.2) is 4.79 Å². The molecule has 0 aliphatic carbocycles. The van der Waals surface area contributed by atoms with Gasteiger partial charge >= 0.3 is 5.97 Å². The minimum atomic E-state index is -0.977. The van der Waals surface area contributed by atoms with Gasteiger partial charge in [-0.3, -0.25) is 4.79 Å². The van der Waals surface area contributed by atoms with Crippen molar-refractivity contribution in [3.8, 4) is 0 Å². The monoisotopic (exact) mass is 249 g/mol. The first-order valence-corrected chi connectivity index (χ1v) is 5.97. The maximum absolute atomic E-state index is 11.8. The summed E-state index contributed by atoms with van der Waals surface area (Å²) in [6.07, 6.45) is 0.325. The van der Waals surface area contributed by atoms with E-state index in [1.807, 2.05) is 30.3 Å². The topological polar surface area (TPSA) is 57.6 Å². The van der Waals surface area contributed by atoms with E-state index in [4.69, 9.17) is 0 Å². The largest absolute Gasteiger partial charge is 0.480 e. The molecule has 1 unspecified atom stereocenters. The summed E-state index contributed by atoms with van der Waals surface area (Å²) in [6, 6.07) is 8.51. The number of nitrogens with zero attached hydrogens (tertiary/aromatic N) is 1. The zero-order valence-electron chi connectivity index (χ0n) is 11.0. The second-order valence-electron chi connectivity index (χ2n) is 4.65. The smallest absolute Gasteiger partial charge is 0.326 e. The van der Waals surface area contributed by atoms with Crippen molar-refractivity contribution in [3.63, 3.8) is 0 Å². The van der Waals surface area contributed by atoms with Gasteiger partial charge in [-0.2, -0.15) is 0 Å². The highest BCUT2D eigenvalue weighted by molar-refractivity contribution is 5.84. The van der Waals surface area contributed by atoms with E-state index < -0.39 is 12.0 Å². The molecule has 4 nitrogen and oxygen atoms in total. The van der Waals surface area contributed by atoms with Gasteiger partial charge in [0.05, 0.1) is 0 Å². The predicted molar refractivity (Wildman–Crippen MR) is 69.2 cm³/mol. The number of hydrogen-bond donors (Lipinski definition) is 1. The summed E-state index contributed by atoms with van der Waals surface area (Å²) in [5.41, 5.74) is 0.910. The Bertz CT molecular complexity index is 414. The molecule has 1 aromatic rings. The van der Waals surface area contributed by atoms with Crippen LogP contribution in [-0.4, -0.2) is 35.0 Å². The molecular formula is C14H19NO3. The first-order chi connectivity index (χ1) is 8.43. The number of hydrogen-bond acceptors (Lipinski definition) is 2. The minimum Gasteiger partial charge on any atom is -0.480 e. The predicted octanol–water partition coefficient (Wildman–Crippen LogP) is 1.80. The van der Waals surface area contributed by atoms with Crippen molar-refractivity contribution in [1.82, 2.24) is 4.90 Å². The Kier molecular flexibility index (Phi) is 4.89. The van der Waals surface area contributed by atoms with Gasteiger partial charge < -0.3 is 10.0 Å². The quantitative estimate of drug-likeness (QED) is 0.865. The van der Waals surface area contributed by atoms with Crippen molar-refractivity contribution in [3.05, 3.63) is 35.9 Å². The van der Waals surface area contributed by atoms with Crippen LogP contribution in [0.15, 0.2) is 30.3 Å². The lowest BCUT2D eigenvalue weighted by Crippen LogP contribution is -2.45. The molecule has 98 valence electrons. The van der Waals surface area contributed by atoms with E-state index in [2.05, 4.69) is 0 Å². The molecule has 1 N–H and O–H groups in total. The lowest BCUT2D eigenvalue weighted by Gasteiger charge is -2.26. The Morgan fingerprint density at radius 3 is 2.22 bits per heavy atom. The van der Waals surface area contributed by atoms with Crippen molar-refractivity contribution < 1.29 is 14.7 Å². The van der Waals surface area contributed by atoms with Crippen molar-refractivity contribution in [1.29, 1.82) is 0 Å². The number of amides is 1. The van der Waals surface area contributed by atoms with Gasteiger partial charge in [-0.1, -0.05) is 44.2 Å². The zero-order valence-corrected chi connectivity index (χ0v) is 11.0. The SMILES string of the molecule is CC(C)C(=O)N(C)C(Cc1ccccc1)C(=O)O. The normalized spacial score (nSPS) is 12.2. The average molecular weight is 249 g/mol. The first kappa shape index (κ1) is 14.2. The summed E-state index contributed by atoms with van der Waals surface area (Å²) in [4.78, 5) is 24.4. The van der Waals surface area contributed by atoms with Crippen LogP contribution < -0.4 is 0 Å². The Morgan fingerprint density at radius 1 is 1.22 bits per heavy atom. The van der Waals surface area contributed by atoms with Crippen LogP contribution in [0.5, 0.6) is 0 Å². The Labute approximate surface area is 107 Å². The van der Waals surface area contributed by atoms with Crippen LogP contribution in [0, 0.1) is 5.92 Å². The molecule has 0 saturated heterocycles. The molecule has 0 saturated carbocycles. The van der Waals surface area contributed by atoms with Crippen LogP contribution in [-0.2, 0) is 16.0 Å². The minimum absolute atomic E-state index is 0.154. The number of carboxylic acids is 1. The number of carbonyl (C=O) groups is 2. The van der Waals surface area contributed by atoms with E-state index >= 15 is 0 Å². The highest BCUT2D eigenvalue weighted by atomic mass is 16.4. The highest BCUT2D eigenvalue weighted by Crippen LogP contribution is 2.11. The Hall–Kier alpha value is -1.84. The standard InChI is InChI=1S/C14H19NO3/c1-10(2)13(16)15(3)12(14(17)18)9-11-7-5-4-6-8-11/h4-8,10,12H,9H2,1-3H3,(H,17,18). The molecular weight excluding hydrogens is 230 g/mol. The molecule has 1 aromatic carbocycles. The van der Waals surface area contributed by atoms with Crippen LogP contribution in [0.1, 0.15) is 19.4 Å². The lowest BCUT2D eigenvalue weighted by molar-refractivity contribution is -0.150. The van der Waals surface area contributed by atoms with Crippen molar-refractivity contribution in [2.75, 3.05) is 7.05 Å². The van der Waals surface area contributed by atoms with E-state index in [-0.39, 0.29) is 11.8 Å². The van der Waals surface area contributed by atoms with E-state index in [0.717, 1.165) is 5.56 Å². The van der Waals surface area contributed by atoms with Gasteiger partial charge in [0, 0.05) is 19.4 Å². The van der Waals surface area contributed by atoms with E-state index in [1.165, 1.54) is 4.90 Å². The summed E-state index contributed by atoms with van der Waals surface area (Å²) in [7, 11) is 1.55.